The smallest absolute Gasteiger partial charge is 0.414 e. The first kappa shape index (κ1) is 17.1. The van der Waals surface area contributed by atoms with E-state index < -0.39 is 5.60 Å². The van der Waals surface area contributed by atoms with Crippen molar-refractivity contribution >= 4 is 23.4 Å². The summed E-state index contributed by atoms with van der Waals surface area (Å²) in [5.41, 5.74) is 0.164. The predicted molar refractivity (Wildman–Crippen MR) is 88.6 cm³/mol. The number of benzene rings is 1. The van der Waals surface area contributed by atoms with Gasteiger partial charge < -0.3 is 9.47 Å². The molecule has 122 valence electrons. The molecule has 1 heterocycles. The van der Waals surface area contributed by atoms with Crippen LogP contribution in [0, 0.1) is 5.92 Å². The van der Waals surface area contributed by atoms with Crippen LogP contribution in [0.5, 0.6) is 0 Å². The molecule has 1 fully saturated rings. The third-order valence-electron chi connectivity index (χ3n) is 3.54. The minimum Gasteiger partial charge on any atom is -0.443 e. The molecule has 1 aliphatic rings. The summed E-state index contributed by atoms with van der Waals surface area (Å²) in [4.78, 5) is 14.3. The second-order valence-corrected chi connectivity index (χ2v) is 7.01. The standard InChI is InChI=1S/C17H24ClNO3/c1-17(2,3)22-16(20)19(12-13-8-10-21-11-9-13)15-7-5-4-6-14(15)18/h4-7,13H,8-12H2,1-3H3. The van der Waals surface area contributed by atoms with Gasteiger partial charge in [-0.2, -0.15) is 0 Å². The molecule has 1 saturated heterocycles. The van der Waals surface area contributed by atoms with E-state index in [4.69, 9.17) is 21.1 Å². The maximum atomic E-state index is 12.6. The first-order chi connectivity index (χ1) is 10.4. The van der Waals surface area contributed by atoms with Crippen LogP contribution >= 0.6 is 11.6 Å². The summed E-state index contributed by atoms with van der Waals surface area (Å²) in [5.74, 6) is 0.401. The maximum Gasteiger partial charge on any atom is 0.414 e. The van der Waals surface area contributed by atoms with Crippen molar-refractivity contribution in [1.82, 2.24) is 0 Å². The number of amides is 1. The lowest BCUT2D eigenvalue weighted by molar-refractivity contribution is 0.0515. The van der Waals surface area contributed by atoms with E-state index in [2.05, 4.69) is 0 Å². The molecule has 1 aromatic rings. The highest BCUT2D eigenvalue weighted by molar-refractivity contribution is 6.33. The molecule has 0 saturated carbocycles. The third-order valence-corrected chi connectivity index (χ3v) is 3.86. The minimum absolute atomic E-state index is 0.355. The Kier molecular flexibility index (Phi) is 5.70. The average molecular weight is 326 g/mol. The second kappa shape index (κ2) is 7.34. The molecule has 22 heavy (non-hydrogen) atoms. The molecule has 2 rings (SSSR count). The van der Waals surface area contributed by atoms with Gasteiger partial charge in [-0.15, -0.1) is 0 Å². The normalized spacial score (nSPS) is 16.4. The molecule has 0 unspecified atom stereocenters. The van der Waals surface area contributed by atoms with E-state index in [0.717, 1.165) is 26.1 Å². The quantitative estimate of drug-likeness (QED) is 0.820. The highest BCUT2D eigenvalue weighted by atomic mass is 35.5. The van der Waals surface area contributed by atoms with Crippen molar-refractivity contribution in [3.63, 3.8) is 0 Å². The first-order valence-electron chi connectivity index (χ1n) is 7.69. The summed E-state index contributed by atoms with van der Waals surface area (Å²) < 4.78 is 10.9. The maximum absolute atomic E-state index is 12.6. The molecule has 0 aromatic heterocycles. The van der Waals surface area contributed by atoms with Crippen LogP contribution < -0.4 is 4.90 Å². The molecular formula is C17H24ClNO3. The summed E-state index contributed by atoms with van der Waals surface area (Å²) in [6, 6.07) is 7.37. The van der Waals surface area contributed by atoms with E-state index in [0.29, 0.717) is 23.2 Å². The fraction of sp³-hybridized carbons (Fsp3) is 0.588. The van der Waals surface area contributed by atoms with Gasteiger partial charge in [0.05, 0.1) is 10.7 Å². The fourth-order valence-electron chi connectivity index (χ4n) is 2.45. The number of hydrogen-bond donors (Lipinski definition) is 0. The minimum atomic E-state index is -0.535. The number of carbonyl (C=O) groups is 1. The number of halogens is 1. The molecule has 1 aliphatic heterocycles. The SMILES string of the molecule is CC(C)(C)OC(=O)N(CC1CCOCC1)c1ccccc1Cl. The number of hydrogen-bond acceptors (Lipinski definition) is 3. The number of ether oxygens (including phenoxy) is 2. The van der Waals surface area contributed by atoms with Crippen LogP contribution in [0.1, 0.15) is 33.6 Å². The Morgan fingerprint density at radius 1 is 1.32 bits per heavy atom. The van der Waals surface area contributed by atoms with Crippen molar-refractivity contribution in [2.24, 2.45) is 5.92 Å². The molecule has 0 radical (unpaired) electrons. The van der Waals surface area contributed by atoms with Crippen molar-refractivity contribution < 1.29 is 14.3 Å². The van der Waals surface area contributed by atoms with Crippen LogP contribution in [-0.2, 0) is 9.47 Å². The third kappa shape index (κ3) is 4.89. The summed E-state index contributed by atoms with van der Waals surface area (Å²) >= 11 is 6.28. The van der Waals surface area contributed by atoms with Crippen LogP contribution in [0.3, 0.4) is 0 Å². The van der Waals surface area contributed by atoms with Gasteiger partial charge in [0.15, 0.2) is 0 Å². The zero-order valence-electron chi connectivity index (χ0n) is 13.5. The van der Waals surface area contributed by atoms with E-state index >= 15 is 0 Å². The zero-order chi connectivity index (χ0) is 16.2. The number of anilines is 1. The van der Waals surface area contributed by atoms with Gasteiger partial charge in [0.25, 0.3) is 0 Å². The molecule has 0 spiro atoms. The molecule has 0 N–H and O–H groups in total. The van der Waals surface area contributed by atoms with Crippen LogP contribution in [0.25, 0.3) is 0 Å². The molecule has 4 nitrogen and oxygen atoms in total. The Morgan fingerprint density at radius 3 is 2.55 bits per heavy atom. The van der Waals surface area contributed by atoms with Gasteiger partial charge in [0.1, 0.15) is 5.60 Å². The van der Waals surface area contributed by atoms with Crippen molar-refractivity contribution in [2.45, 2.75) is 39.2 Å². The number of para-hydroxylation sites is 1. The summed E-state index contributed by atoms with van der Waals surface area (Å²) in [6.07, 6.45) is 1.54. The molecule has 5 heteroatoms. The predicted octanol–water partition coefficient (Wildman–Crippen LogP) is 4.51. The molecule has 0 atom stereocenters. The van der Waals surface area contributed by atoms with Gasteiger partial charge in [0.2, 0.25) is 0 Å². The first-order valence-corrected chi connectivity index (χ1v) is 8.07. The van der Waals surface area contributed by atoms with Crippen LogP contribution in [0.15, 0.2) is 24.3 Å². The summed E-state index contributed by atoms with van der Waals surface area (Å²) in [7, 11) is 0. The Morgan fingerprint density at radius 2 is 1.95 bits per heavy atom. The van der Waals surface area contributed by atoms with Crippen molar-refractivity contribution in [1.29, 1.82) is 0 Å². The van der Waals surface area contributed by atoms with Gasteiger partial charge >= 0.3 is 6.09 Å². The zero-order valence-corrected chi connectivity index (χ0v) is 14.2. The number of carbonyl (C=O) groups excluding carboxylic acids is 1. The van der Waals surface area contributed by atoms with E-state index in [1.165, 1.54) is 0 Å². The summed E-state index contributed by atoms with van der Waals surface area (Å²) in [5, 5.41) is 0.556. The van der Waals surface area contributed by atoms with E-state index in [1.807, 2.05) is 39.0 Å². The lowest BCUT2D eigenvalue weighted by Gasteiger charge is -2.32. The Hall–Kier alpha value is -1.26. The van der Waals surface area contributed by atoms with E-state index in [1.54, 1.807) is 11.0 Å². The lowest BCUT2D eigenvalue weighted by Crippen LogP contribution is -2.41. The van der Waals surface area contributed by atoms with E-state index in [9.17, 15) is 4.79 Å². The highest BCUT2D eigenvalue weighted by Crippen LogP contribution is 2.29. The topological polar surface area (TPSA) is 38.8 Å². The summed E-state index contributed by atoms with van der Waals surface area (Å²) in [6.45, 7) is 7.69. The monoisotopic (exact) mass is 325 g/mol. The largest absolute Gasteiger partial charge is 0.443 e. The van der Waals surface area contributed by atoms with Gasteiger partial charge in [-0.05, 0) is 51.7 Å². The lowest BCUT2D eigenvalue weighted by atomic mass is 9.99. The van der Waals surface area contributed by atoms with Gasteiger partial charge in [-0.25, -0.2) is 4.79 Å². The number of nitrogens with zero attached hydrogens (tertiary/aromatic N) is 1. The Balaban J connectivity index is 2.20. The number of rotatable bonds is 3. The second-order valence-electron chi connectivity index (χ2n) is 6.60. The average Bonchev–Trinajstić information content (AvgIpc) is 2.45. The van der Waals surface area contributed by atoms with Gasteiger partial charge in [-0.3, -0.25) is 4.90 Å². The van der Waals surface area contributed by atoms with Gasteiger partial charge in [0, 0.05) is 19.8 Å². The molecule has 1 amide bonds. The van der Waals surface area contributed by atoms with E-state index in [-0.39, 0.29) is 6.09 Å². The van der Waals surface area contributed by atoms with Crippen LogP contribution in [-0.4, -0.2) is 31.5 Å². The van der Waals surface area contributed by atoms with Crippen LogP contribution in [0.4, 0.5) is 10.5 Å². The van der Waals surface area contributed by atoms with Crippen molar-refractivity contribution in [2.75, 3.05) is 24.7 Å². The fourth-order valence-corrected chi connectivity index (χ4v) is 2.68. The Bertz CT molecular complexity index is 507. The van der Waals surface area contributed by atoms with Crippen molar-refractivity contribution in [3.05, 3.63) is 29.3 Å². The Labute approximate surface area is 137 Å². The van der Waals surface area contributed by atoms with Crippen LogP contribution in [0.2, 0.25) is 5.02 Å². The van der Waals surface area contributed by atoms with Crippen molar-refractivity contribution in [3.8, 4) is 0 Å². The molecular weight excluding hydrogens is 302 g/mol. The highest BCUT2D eigenvalue weighted by Gasteiger charge is 2.27. The molecule has 1 aromatic carbocycles. The molecule has 0 bridgehead atoms. The van der Waals surface area contributed by atoms with Gasteiger partial charge in [-0.1, -0.05) is 23.7 Å². The molecule has 0 aliphatic carbocycles.